The predicted molar refractivity (Wildman–Crippen MR) is 121 cm³/mol. The Kier molecular flexibility index (Phi) is 6.13. The van der Waals surface area contributed by atoms with E-state index in [2.05, 4.69) is 0 Å². The van der Waals surface area contributed by atoms with Crippen molar-refractivity contribution in [2.24, 2.45) is 0 Å². The molecule has 1 aliphatic rings. The van der Waals surface area contributed by atoms with Crippen molar-refractivity contribution in [2.75, 3.05) is 11.5 Å². The summed E-state index contributed by atoms with van der Waals surface area (Å²) in [5.74, 6) is -2.34. The van der Waals surface area contributed by atoms with Gasteiger partial charge in [0, 0.05) is 5.69 Å². The Hall–Kier alpha value is -4.13. The molecule has 1 aliphatic heterocycles. The molecule has 4 rings (SSSR count). The van der Waals surface area contributed by atoms with E-state index in [1.54, 1.807) is 36.4 Å². The maximum absolute atomic E-state index is 13.2. The molecule has 0 bridgehead atoms. The SMILES string of the molecule is CCCOC(=O)c1ccc(N2C(=O)C(O)=C(C(=O)c3ccco3)C2c2cccc(C)c2)cc1. The Morgan fingerprint density at radius 3 is 2.48 bits per heavy atom. The van der Waals surface area contributed by atoms with Crippen LogP contribution < -0.4 is 4.90 Å². The first kappa shape index (κ1) is 22.1. The van der Waals surface area contributed by atoms with Crippen molar-refractivity contribution in [1.29, 1.82) is 0 Å². The normalized spacial score (nSPS) is 15.8. The summed E-state index contributed by atoms with van der Waals surface area (Å²) in [4.78, 5) is 39.9. The maximum atomic E-state index is 13.2. The molecule has 168 valence electrons. The zero-order valence-corrected chi connectivity index (χ0v) is 18.3. The molecule has 33 heavy (non-hydrogen) atoms. The number of carbonyl (C=O) groups excluding carboxylic acids is 3. The van der Waals surface area contributed by atoms with Gasteiger partial charge in [0.1, 0.15) is 0 Å². The van der Waals surface area contributed by atoms with Crippen LogP contribution in [0.25, 0.3) is 0 Å². The average Bonchev–Trinajstić information content (AvgIpc) is 3.45. The van der Waals surface area contributed by atoms with Gasteiger partial charge in [-0.15, -0.1) is 0 Å². The molecule has 0 aliphatic carbocycles. The standard InChI is InChI=1S/C26H23NO6/c1-3-13-33-26(31)17-9-11-19(12-10-17)27-22(18-7-4-6-16(2)15-18)21(24(29)25(27)30)23(28)20-8-5-14-32-20/h4-12,14-15,22,29H,3,13H2,1-2H3. The second kappa shape index (κ2) is 9.16. The smallest absolute Gasteiger partial charge is 0.338 e. The molecule has 1 N–H and O–H groups in total. The lowest BCUT2D eigenvalue weighted by molar-refractivity contribution is -0.117. The molecule has 1 atom stereocenters. The summed E-state index contributed by atoms with van der Waals surface area (Å²) in [7, 11) is 0. The fraction of sp³-hybridized carbons (Fsp3) is 0.192. The number of aliphatic hydroxyl groups excluding tert-OH is 1. The zero-order chi connectivity index (χ0) is 23.5. The van der Waals surface area contributed by atoms with Crippen molar-refractivity contribution in [1.82, 2.24) is 0 Å². The number of aryl methyl sites for hydroxylation is 1. The number of nitrogens with zero attached hydrogens (tertiary/aromatic N) is 1. The quantitative estimate of drug-likeness (QED) is 0.409. The number of Topliss-reactive ketones (excluding diaryl/α,β-unsaturated/α-hetero) is 1. The van der Waals surface area contributed by atoms with Crippen LogP contribution in [0.2, 0.25) is 0 Å². The van der Waals surface area contributed by atoms with Crippen molar-refractivity contribution in [3.63, 3.8) is 0 Å². The molecule has 1 unspecified atom stereocenters. The first-order valence-electron chi connectivity index (χ1n) is 10.6. The molecule has 0 spiro atoms. The number of furan rings is 1. The molecule has 0 radical (unpaired) electrons. The van der Waals surface area contributed by atoms with Gasteiger partial charge in [0.15, 0.2) is 11.5 Å². The van der Waals surface area contributed by atoms with E-state index in [9.17, 15) is 19.5 Å². The van der Waals surface area contributed by atoms with Crippen LogP contribution in [-0.2, 0) is 9.53 Å². The van der Waals surface area contributed by atoms with Gasteiger partial charge in [-0.1, -0.05) is 36.8 Å². The number of ether oxygens (including phenoxy) is 1. The van der Waals surface area contributed by atoms with Crippen LogP contribution in [0.4, 0.5) is 5.69 Å². The molecule has 7 heteroatoms. The van der Waals surface area contributed by atoms with E-state index in [-0.39, 0.29) is 11.3 Å². The van der Waals surface area contributed by atoms with E-state index in [1.165, 1.54) is 17.2 Å². The minimum absolute atomic E-state index is 0.0258. The van der Waals surface area contributed by atoms with E-state index in [0.29, 0.717) is 29.8 Å². The molecular formula is C26H23NO6. The number of esters is 1. The number of carbonyl (C=O) groups is 3. The lowest BCUT2D eigenvalue weighted by atomic mass is 9.94. The van der Waals surface area contributed by atoms with Gasteiger partial charge in [-0.25, -0.2) is 4.79 Å². The van der Waals surface area contributed by atoms with Crippen LogP contribution in [0.15, 0.2) is 82.7 Å². The summed E-state index contributed by atoms with van der Waals surface area (Å²) in [5.41, 5.74) is 2.30. The monoisotopic (exact) mass is 445 g/mol. The largest absolute Gasteiger partial charge is 0.503 e. The van der Waals surface area contributed by atoms with E-state index in [1.807, 2.05) is 32.0 Å². The van der Waals surface area contributed by atoms with E-state index >= 15 is 0 Å². The number of aliphatic hydroxyl groups is 1. The highest BCUT2D eigenvalue weighted by atomic mass is 16.5. The van der Waals surface area contributed by atoms with Gasteiger partial charge in [-0.3, -0.25) is 14.5 Å². The molecule has 2 heterocycles. The fourth-order valence-electron chi connectivity index (χ4n) is 3.84. The number of hydrogen-bond donors (Lipinski definition) is 1. The highest BCUT2D eigenvalue weighted by Gasteiger charge is 2.45. The second-order valence-corrected chi connectivity index (χ2v) is 7.74. The van der Waals surface area contributed by atoms with Crippen LogP contribution in [0.5, 0.6) is 0 Å². The first-order chi connectivity index (χ1) is 15.9. The van der Waals surface area contributed by atoms with Gasteiger partial charge in [-0.05, 0) is 55.3 Å². The second-order valence-electron chi connectivity index (χ2n) is 7.74. The topological polar surface area (TPSA) is 97.0 Å². The molecular weight excluding hydrogens is 422 g/mol. The van der Waals surface area contributed by atoms with Crippen LogP contribution in [-0.4, -0.2) is 29.4 Å². The highest BCUT2D eigenvalue weighted by molar-refractivity contribution is 6.20. The van der Waals surface area contributed by atoms with E-state index in [4.69, 9.17) is 9.15 Å². The summed E-state index contributed by atoms with van der Waals surface area (Å²) in [5, 5.41) is 10.8. The maximum Gasteiger partial charge on any atom is 0.338 e. The third-order valence-corrected chi connectivity index (χ3v) is 5.37. The molecule has 0 saturated carbocycles. The van der Waals surface area contributed by atoms with Crippen LogP contribution >= 0.6 is 0 Å². The number of amides is 1. The highest BCUT2D eigenvalue weighted by Crippen LogP contribution is 2.42. The van der Waals surface area contributed by atoms with Crippen molar-refractivity contribution in [3.8, 4) is 0 Å². The van der Waals surface area contributed by atoms with Gasteiger partial charge in [-0.2, -0.15) is 0 Å². The Balaban J connectivity index is 1.76. The Bertz CT molecular complexity index is 1220. The van der Waals surface area contributed by atoms with Gasteiger partial charge < -0.3 is 14.3 Å². The summed E-state index contributed by atoms with van der Waals surface area (Å²) in [6.45, 7) is 4.12. The lowest BCUT2D eigenvalue weighted by Crippen LogP contribution is -2.31. The zero-order valence-electron chi connectivity index (χ0n) is 18.3. The van der Waals surface area contributed by atoms with Crippen molar-refractivity contribution in [3.05, 3.63) is 101 Å². The van der Waals surface area contributed by atoms with Gasteiger partial charge >= 0.3 is 5.97 Å². The molecule has 1 amide bonds. The molecule has 2 aromatic carbocycles. The van der Waals surface area contributed by atoms with Crippen LogP contribution in [0.1, 0.15) is 51.4 Å². The molecule has 3 aromatic rings. The lowest BCUT2D eigenvalue weighted by Gasteiger charge is -2.27. The molecule has 1 aromatic heterocycles. The van der Waals surface area contributed by atoms with Crippen molar-refractivity contribution >= 4 is 23.3 Å². The minimum atomic E-state index is -0.868. The van der Waals surface area contributed by atoms with Gasteiger partial charge in [0.2, 0.25) is 5.78 Å². The number of hydrogen-bond acceptors (Lipinski definition) is 6. The van der Waals surface area contributed by atoms with Gasteiger partial charge in [0.25, 0.3) is 5.91 Å². The third-order valence-electron chi connectivity index (χ3n) is 5.37. The number of anilines is 1. The summed E-state index contributed by atoms with van der Waals surface area (Å²) < 4.78 is 10.4. The Labute approximate surface area is 190 Å². The summed E-state index contributed by atoms with van der Waals surface area (Å²) in [6.07, 6.45) is 2.07. The molecule has 0 fully saturated rings. The Morgan fingerprint density at radius 2 is 1.85 bits per heavy atom. The van der Waals surface area contributed by atoms with Crippen molar-refractivity contribution < 1.29 is 28.6 Å². The van der Waals surface area contributed by atoms with Crippen molar-refractivity contribution in [2.45, 2.75) is 26.3 Å². The average molecular weight is 445 g/mol. The van der Waals surface area contributed by atoms with E-state index < -0.39 is 29.5 Å². The third kappa shape index (κ3) is 4.17. The van der Waals surface area contributed by atoms with E-state index in [0.717, 1.165) is 5.56 Å². The molecule has 0 saturated heterocycles. The van der Waals surface area contributed by atoms with Crippen LogP contribution in [0.3, 0.4) is 0 Å². The predicted octanol–water partition coefficient (Wildman–Crippen LogP) is 4.94. The Morgan fingerprint density at radius 1 is 1.09 bits per heavy atom. The van der Waals surface area contributed by atoms with Crippen LogP contribution in [0, 0.1) is 6.92 Å². The molecule has 7 nitrogen and oxygen atoms in total. The number of ketones is 1. The number of rotatable bonds is 7. The first-order valence-corrected chi connectivity index (χ1v) is 10.6. The minimum Gasteiger partial charge on any atom is -0.503 e. The summed E-state index contributed by atoms with van der Waals surface area (Å²) >= 11 is 0. The fourth-order valence-corrected chi connectivity index (χ4v) is 3.84. The van der Waals surface area contributed by atoms with Gasteiger partial charge in [0.05, 0.1) is 30.0 Å². The summed E-state index contributed by atoms with van der Waals surface area (Å²) in [6, 6.07) is 15.9. The number of benzene rings is 2.